The highest BCUT2D eigenvalue weighted by Gasteiger charge is 2.12. The van der Waals surface area contributed by atoms with Gasteiger partial charge in [0.2, 0.25) is 5.28 Å². The third kappa shape index (κ3) is 2.26. The van der Waals surface area contributed by atoms with Gasteiger partial charge < -0.3 is 5.32 Å². The Morgan fingerprint density at radius 1 is 1.50 bits per heavy atom. The van der Waals surface area contributed by atoms with Gasteiger partial charge in [0.15, 0.2) is 0 Å². The third-order valence-corrected chi connectivity index (χ3v) is 3.38. The highest BCUT2D eigenvalue weighted by molar-refractivity contribution is 6.28. The maximum absolute atomic E-state index is 12.4. The van der Waals surface area contributed by atoms with E-state index in [4.69, 9.17) is 11.6 Å². The number of aryl methyl sites for hydroxylation is 1. The van der Waals surface area contributed by atoms with Gasteiger partial charge in [-0.1, -0.05) is 12.1 Å². The van der Waals surface area contributed by atoms with Gasteiger partial charge in [0.05, 0.1) is 10.9 Å². The molecule has 1 aromatic heterocycles. The molecule has 1 heterocycles. The van der Waals surface area contributed by atoms with Crippen LogP contribution in [0.15, 0.2) is 23.0 Å². The van der Waals surface area contributed by atoms with Gasteiger partial charge in [-0.25, -0.2) is 4.98 Å². The normalized spacial score (nSPS) is 12.9. The van der Waals surface area contributed by atoms with Crippen molar-refractivity contribution < 1.29 is 0 Å². The number of hydrogen-bond donors (Lipinski definition) is 1. The van der Waals surface area contributed by atoms with Gasteiger partial charge in [0.1, 0.15) is 0 Å². The number of aromatic nitrogens is 2. The third-order valence-electron chi connectivity index (χ3n) is 3.09. The van der Waals surface area contributed by atoms with Gasteiger partial charge in [0.25, 0.3) is 5.56 Å². The Kier molecular flexibility index (Phi) is 3.68. The van der Waals surface area contributed by atoms with Crippen LogP contribution in [0, 0.1) is 6.92 Å². The quantitative estimate of drug-likeness (QED) is 0.863. The van der Waals surface area contributed by atoms with E-state index in [1.165, 1.54) is 4.57 Å². The number of para-hydroxylation sites is 1. The lowest BCUT2D eigenvalue weighted by Gasteiger charge is -2.14. The highest BCUT2D eigenvalue weighted by Crippen LogP contribution is 2.15. The zero-order valence-electron chi connectivity index (χ0n) is 10.7. The van der Waals surface area contributed by atoms with Crippen molar-refractivity contribution >= 4 is 22.5 Å². The zero-order valence-corrected chi connectivity index (χ0v) is 11.5. The molecule has 18 heavy (non-hydrogen) atoms. The number of rotatable bonds is 3. The van der Waals surface area contributed by atoms with E-state index >= 15 is 0 Å². The van der Waals surface area contributed by atoms with E-state index in [2.05, 4.69) is 10.3 Å². The SMILES string of the molecule is CNC(C)Cn1c(Cl)nc2c(C)cccc2c1=O. The molecule has 5 heteroatoms. The molecule has 0 bridgehead atoms. The molecule has 0 saturated carbocycles. The Morgan fingerprint density at radius 2 is 2.22 bits per heavy atom. The van der Waals surface area contributed by atoms with Crippen LogP contribution in [0.2, 0.25) is 5.28 Å². The van der Waals surface area contributed by atoms with Crippen molar-refractivity contribution in [3.8, 4) is 0 Å². The van der Waals surface area contributed by atoms with E-state index < -0.39 is 0 Å². The van der Waals surface area contributed by atoms with E-state index in [9.17, 15) is 4.79 Å². The van der Waals surface area contributed by atoms with E-state index in [0.717, 1.165) is 5.56 Å². The largest absolute Gasteiger partial charge is 0.315 e. The van der Waals surface area contributed by atoms with Crippen LogP contribution in [0.25, 0.3) is 10.9 Å². The molecule has 2 rings (SSSR count). The topological polar surface area (TPSA) is 46.9 Å². The number of halogens is 1. The summed E-state index contributed by atoms with van der Waals surface area (Å²) in [6.45, 7) is 4.42. The first-order valence-corrected chi connectivity index (χ1v) is 6.25. The predicted octanol–water partition coefficient (Wildman–Crippen LogP) is 1.97. The Hall–Kier alpha value is -1.39. The first-order chi connectivity index (χ1) is 8.54. The number of nitrogens with one attached hydrogen (secondary N) is 1. The minimum absolute atomic E-state index is 0.0872. The summed E-state index contributed by atoms with van der Waals surface area (Å²) < 4.78 is 1.50. The lowest BCUT2D eigenvalue weighted by atomic mass is 10.1. The molecule has 0 amide bonds. The van der Waals surface area contributed by atoms with Gasteiger partial charge in [0, 0.05) is 12.6 Å². The van der Waals surface area contributed by atoms with Crippen molar-refractivity contribution in [3.63, 3.8) is 0 Å². The van der Waals surface area contributed by atoms with Crippen LogP contribution in [-0.2, 0) is 6.54 Å². The highest BCUT2D eigenvalue weighted by atomic mass is 35.5. The van der Waals surface area contributed by atoms with Crippen molar-refractivity contribution in [1.82, 2.24) is 14.9 Å². The van der Waals surface area contributed by atoms with E-state index in [0.29, 0.717) is 17.4 Å². The maximum Gasteiger partial charge on any atom is 0.262 e. The van der Waals surface area contributed by atoms with Crippen LogP contribution in [0.3, 0.4) is 0 Å². The molecule has 0 radical (unpaired) electrons. The lowest BCUT2D eigenvalue weighted by Crippen LogP contribution is -2.33. The van der Waals surface area contributed by atoms with Crippen molar-refractivity contribution in [2.24, 2.45) is 0 Å². The Balaban J connectivity index is 2.66. The van der Waals surface area contributed by atoms with Crippen LogP contribution in [0.1, 0.15) is 12.5 Å². The van der Waals surface area contributed by atoms with Gasteiger partial charge in [-0.3, -0.25) is 9.36 Å². The second-order valence-electron chi connectivity index (χ2n) is 4.46. The zero-order chi connectivity index (χ0) is 13.3. The first-order valence-electron chi connectivity index (χ1n) is 5.87. The molecular weight excluding hydrogens is 250 g/mol. The minimum atomic E-state index is -0.0872. The first kappa shape index (κ1) is 13.1. The second-order valence-corrected chi connectivity index (χ2v) is 4.80. The summed E-state index contributed by atoms with van der Waals surface area (Å²) in [6.07, 6.45) is 0. The molecule has 0 aliphatic heterocycles. The summed E-state index contributed by atoms with van der Waals surface area (Å²) in [6, 6.07) is 5.73. The Morgan fingerprint density at radius 3 is 2.89 bits per heavy atom. The van der Waals surface area contributed by atoms with Crippen molar-refractivity contribution in [2.45, 2.75) is 26.4 Å². The average Bonchev–Trinajstić information content (AvgIpc) is 2.35. The van der Waals surface area contributed by atoms with Gasteiger partial charge >= 0.3 is 0 Å². The summed E-state index contributed by atoms with van der Waals surface area (Å²) in [5, 5.41) is 3.93. The molecule has 0 aliphatic rings. The monoisotopic (exact) mass is 265 g/mol. The number of fused-ring (bicyclic) bond motifs is 1. The van der Waals surface area contributed by atoms with Crippen LogP contribution in [0.5, 0.6) is 0 Å². The molecule has 1 unspecified atom stereocenters. The summed E-state index contributed by atoms with van der Waals surface area (Å²) in [7, 11) is 1.85. The maximum atomic E-state index is 12.4. The number of hydrogen-bond acceptors (Lipinski definition) is 3. The van der Waals surface area contributed by atoms with Crippen LogP contribution >= 0.6 is 11.6 Å². The van der Waals surface area contributed by atoms with Crippen LogP contribution < -0.4 is 10.9 Å². The average molecular weight is 266 g/mol. The molecule has 0 fully saturated rings. The van der Waals surface area contributed by atoms with E-state index in [1.807, 2.05) is 33.0 Å². The van der Waals surface area contributed by atoms with E-state index in [-0.39, 0.29) is 16.9 Å². The van der Waals surface area contributed by atoms with Crippen LogP contribution in [-0.4, -0.2) is 22.6 Å². The van der Waals surface area contributed by atoms with Gasteiger partial charge in [-0.15, -0.1) is 0 Å². The number of likely N-dealkylation sites (N-methyl/N-ethyl adjacent to an activating group) is 1. The summed E-state index contributed by atoms with van der Waals surface area (Å²) in [5.74, 6) is 0. The molecule has 1 aromatic carbocycles. The fourth-order valence-electron chi connectivity index (χ4n) is 1.89. The molecule has 0 aliphatic carbocycles. The molecule has 0 spiro atoms. The minimum Gasteiger partial charge on any atom is -0.315 e. The molecule has 0 saturated heterocycles. The fraction of sp³-hybridized carbons (Fsp3) is 0.385. The molecular formula is C13H16ClN3O. The summed E-state index contributed by atoms with van der Waals surface area (Å²) in [4.78, 5) is 16.7. The Bertz CT molecular complexity index is 636. The molecule has 1 N–H and O–H groups in total. The smallest absolute Gasteiger partial charge is 0.262 e. The predicted molar refractivity (Wildman–Crippen MR) is 74.3 cm³/mol. The van der Waals surface area contributed by atoms with Crippen molar-refractivity contribution in [3.05, 3.63) is 39.4 Å². The van der Waals surface area contributed by atoms with Gasteiger partial charge in [-0.05, 0) is 44.1 Å². The Labute approximate surface area is 111 Å². The van der Waals surface area contributed by atoms with Crippen LogP contribution in [0.4, 0.5) is 0 Å². The molecule has 2 aromatic rings. The molecule has 96 valence electrons. The standard InChI is InChI=1S/C13H16ClN3O/c1-8-5-4-6-10-11(8)16-13(14)17(12(10)18)7-9(2)15-3/h4-6,9,15H,7H2,1-3H3. The molecule has 1 atom stereocenters. The number of benzene rings is 1. The number of nitrogens with zero attached hydrogens (tertiary/aromatic N) is 2. The lowest BCUT2D eigenvalue weighted by molar-refractivity contribution is 0.503. The fourth-order valence-corrected chi connectivity index (χ4v) is 2.12. The molecule has 4 nitrogen and oxygen atoms in total. The second kappa shape index (κ2) is 5.08. The van der Waals surface area contributed by atoms with Crippen molar-refractivity contribution in [1.29, 1.82) is 0 Å². The van der Waals surface area contributed by atoms with E-state index in [1.54, 1.807) is 6.07 Å². The summed E-state index contributed by atoms with van der Waals surface area (Å²) in [5.41, 5.74) is 1.55. The van der Waals surface area contributed by atoms with Gasteiger partial charge in [-0.2, -0.15) is 0 Å². The van der Waals surface area contributed by atoms with Crippen molar-refractivity contribution in [2.75, 3.05) is 7.05 Å². The summed E-state index contributed by atoms with van der Waals surface area (Å²) >= 11 is 6.11.